The molecule has 2 aliphatic carbocycles. The molecule has 0 N–H and O–H groups in total. The van der Waals surface area contributed by atoms with E-state index in [1.165, 1.54) is 17.5 Å². The zero-order valence-corrected chi connectivity index (χ0v) is 33.2. The number of thioether (sulfide) groups is 3. The molecule has 7 rings (SSSR count). The van der Waals surface area contributed by atoms with Gasteiger partial charge in [0.05, 0.1) is 8.07 Å². The van der Waals surface area contributed by atoms with Gasteiger partial charge in [-0.1, -0.05) is 92.8 Å². The number of hydrogen-bond acceptors (Lipinski definition) is 3. The maximum atomic E-state index is 4.93. The Balaban J connectivity index is 0.000000779. The fraction of sp³-hybridized carbons (Fsp3) is 0.429. The Kier molecular flexibility index (Phi) is 12.1. The van der Waals surface area contributed by atoms with Crippen molar-refractivity contribution in [1.29, 1.82) is 0 Å². The molecule has 3 heterocycles. The first kappa shape index (κ1) is 35.2. The van der Waals surface area contributed by atoms with Crippen LogP contribution in [0.4, 0.5) is 0 Å². The minimum atomic E-state index is -1.63. The van der Waals surface area contributed by atoms with E-state index in [2.05, 4.69) is 142 Å². The van der Waals surface area contributed by atoms with Gasteiger partial charge in [0, 0.05) is 20.7 Å². The van der Waals surface area contributed by atoms with Crippen molar-refractivity contribution in [3.05, 3.63) is 109 Å². The third-order valence-corrected chi connectivity index (χ3v) is 20.3. The average Bonchev–Trinajstić information content (AvgIpc) is 3.70. The zero-order chi connectivity index (χ0) is 28.2. The summed E-state index contributed by atoms with van der Waals surface area (Å²) in [6.45, 7) is 13.0. The van der Waals surface area contributed by atoms with E-state index in [0.29, 0.717) is 5.92 Å². The van der Waals surface area contributed by atoms with E-state index in [1.807, 2.05) is 0 Å². The Bertz CT molecular complexity index is 1300. The van der Waals surface area contributed by atoms with Crippen molar-refractivity contribution in [3.63, 3.8) is 0 Å². The summed E-state index contributed by atoms with van der Waals surface area (Å²) < 4.78 is 0. The van der Waals surface area contributed by atoms with Crippen LogP contribution in [0.25, 0.3) is 10.5 Å². The monoisotopic (exact) mass is 748 g/mol. The predicted molar refractivity (Wildman–Crippen MR) is 195 cm³/mol. The van der Waals surface area contributed by atoms with E-state index in [1.54, 1.807) is 20.3 Å². The molecular formula is C35H44Cl2S3SiZr. The molecule has 0 aromatic heterocycles. The molecule has 7 heteroatoms. The minimum absolute atomic E-state index is 0. The van der Waals surface area contributed by atoms with Crippen LogP contribution in [0.2, 0.25) is 24.2 Å². The molecule has 2 aromatic rings. The van der Waals surface area contributed by atoms with Crippen LogP contribution in [0.3, 0.4) is 0 Å². The van der Waals surface area contributed by atoms with Crippen LogP contribution in [-0.2, 0) is 20.8 Å². The van der Waals surface area contributed by atoms with Crippen LogP contribution in [0.15, 0.2) is 82.6 Å². The van der Waals surface area contributed by atoms with Crippen molar-refractivity contribution in [1.82, 2.24) is 0 Å². The summed E-state index contributed by atoms with van der Waals surface area (Å²) in [5.74, 6) is 3.00. The quantitative estimate of drug-likeness (QED) is 0.226. The molecular weight excluding hydrogens is 707 g/mol. The van der Waals surface area contributed by atoms with E-state index >= 15 is 0 Å². The fourth-order valence-corrected chi connectivity index (χ4v) is 22.6. The van der Waals surface area contributed by atoms with Gasteiger partial charge < -0.3 is 14.9 Å². The first-order valence-electron chi connectivity index (χ1n) is 14.4. The van der Waals surface area contributed by atoms with Gasteiger partial charge in [-0.2, -0.15) is 0 Å². The Morgan fingerprint density at radius 1 is 0.714 bits per heavy atom. The molecule has 3 aliphatic heterocycles. The van der Waals surface area contributed by atoms with Gasteiger partial charge in [-0.05, 0) is 81.5 Å². The SMILES string of the molecule is CC1=CC2C3C=C(C)SC3C([Si](C)(C)C3C(C)CC4C(c5ccccc5)=C(c5ccccc5)SC43)C2S1.[CH3-].[CH3-].[Cl][Zr+2][Cl]. The van der Waals surface area contributed by atoms with E-state index in [-0.39, 0.29) is 14.9 Å². The van der Waals surface area contributed by atoms with E-state index < -0.39 is 28.9 Å². The normalized spacial score (nSPS) is 34.1. The van der Waals surface area contributed by atoms with Crippen LogP contribution < -0.4 is 0 Å². The number of allylic oxidation sites excluding steroid dienone is 5. The zero-order valence-electron chi connectivity index (χ0n) is 25.8. The van der Waals surface area contributed by atoms with Gasteiger partial charge in [0.15, 0.2) is 0 Å². The predicted octanol–water partition coefficient (Wildman–Crippen LogP) is 12.3. The summed E-state index contributed by atoms with van der Waals surface area (Å²) in [6, 6.07) is 22.6. The summed E-state index contributed by atoms with van der Waals surface area (Å²) >= 11 is 5.93. The Morgan fingerprint density at radius 2 is 1.19 bits per heavy atom. The summed E-state index contributed by atoms with van der Waals surface area (Å²) in [7, 11) is 8.23. The summed E-state index contributed by atoms with van der Waals surface area (Å²) in [6.07, 6.45) is 6.66. The summed E-state index contributed by atoms with van der Waals surface area (Å²) in [5.41, 5.74) is 6.25. The number of rotatable bonds is 4. The topological polar surface area (TPSA) is 0 Å². The van der Waals surface area contributed by atoms with Gasteiger partial charge in [0.2, 0.25) is 0 Å². The van der Waals surface area contributed by atoms with Crippen molar-refractivity contribution in [2.75, 3.05) is 0 Å². The Labute approximate surface area is 288 Å². The van der Waals surface area contributed by atoms with Gasteiger partial charge in [-0.3, -0.25) is 0 Å². The first-order valence-corrected chi connectivity index (χ1v) is 26.6. The molecule has 0 nitrogen and oxygen atoms in total. The van der Waals surface area contributed by atoms with E-state index in [9.17, 15) is 0 Å². The molecule has 0 saturated heterocycles. The van der Waals surface area contributed by atoms with Crippen LogP contribution >= 0.6 is 52.3 Å². The number of hydrogen-bond donors (Lipinski definition) is 0. The average molecular weight is 751 g/mol. The van der Waals surface area contributed by atoms with Gasteiger partial charge in [0.1, 0.15) is 0 Å². The third-order valence-electron chi connectivity index (χ3n) is 10.1. The molecule has 2 fully saturated rings. The molecule has 8 atom stereocenters. The molecule has 0 radical (unpaired) electrons. The van der Waals surface area contributed by atoms with E-state index in [0.717, 1.165) is 44.6 Å². The molecule has 0 spiro atoms. The molecule has 224 valence electrons. The molecule has 8 unspecified atom stereocenters. The van der Waals surface area contributed by atoms with Crippen molar-refractivity contribution < 1.29 is 20.8 Å². The number of benzene rings is 2. The molecule has 2 aromatic carbocycles. The maximum absolute atomic E-state index is 4.93. The second-order valence-electron chi connectivity index (χ2n) is 12.7. The summed E-state index contributed by atoms with van der Waals surface area (Å²) in [4.78, 5) is 4.72. The molecule has 0 amide bonds. The first-order chi connectivity index (χ1) is 19.3. The van der Waals surface area contributed by atoms with E-state index in [4.69, 9.17) is 17.0 Å². The molecule has 2 saturated carbocycles. The Hall–Kier alpha value is 0.390. The standard InChI is InChI=1S/C33H38S3Si.2CH3.2ClH.Zr/c1-19-16-26-27(22-12-8-6-9-13-22)28(23-14-10-7-11-15-23)36-31(26)32(19)37(4,5)33-29-24(17-20(2)34-29)25-18-21(3)35-30(25)33;;;;;/h6-15,17-19,24-26,29-33H,16H2,1-5H3;2*1H3;2*1H;/q;2*-1;;;+4/p-2. The van der Waals surface area contributed by atoms with Crippen LogP contribution in [-0.4, -0.2) is 23.8 Å². The molecule has 42 heavy (non-hydrogen) atoms. The van der Waals surface area contributed by atoms with Crippen molar-refractivity contribution >= 4 is 70.9 Å². The van der Waals surface area contributed by atoms with Crippen LogP contribution in [0, 0.1) is 38.5 Å². The van der Waals surface area contributed by atoms with Crippen molar-refractivity contribution in [2.24, 2.45) is 23.7 Å². The molecule has 0 bridgehead atoms. The second kappa shape index (κ2) is 14.4. The summed E-state index contributed by atoms with van der Waals surface area (Å²) in [5, 5.41) is 2.34. The second-order valence-corrected chi connectivity index (χ2v) is 25.4. The van der Waals surface area contributed by atoms with Gasteiger partial charge >= 0.3 is 37.9 Å². The fourth-order valence-electron chi connectivity index (χ4n) is 8.93. The van der Waals surface area contributed by atoms with Crippen LogP contribution in [0.5, 0.6) is 0 Å². The number of fused-ring (bicyclic) bond motifs is 4. The van der Waals surface area contributed by atoms with Crippen molar-refractivity contribution in [3.8, 4) is 0 Å². The van der Waals surface area contributed by atoms with Gasteiger partial charge in [-0.15, -0.1) is 35.3 Å². The van der Waals surface area contributed by atoms with Crippen LogP contribution in [0.1, 0.15) is 38.3 Å². The number of halogens is 2. The van der Waals surface area contributed by atoms with Gasteiger partial charge in [0.25, 0.3) is 0 Å². The Morgan fingerprint density at radius 3 is 1.69 bits per heavy atom. The van der Waals surface area contributed by atoms with Crippen molar-refractivity contribution in [2.45, 2.75) is 67.1 Å². The molecule has 5 aliphatic rings. The van der Waals surface area contributed by atoms with Gasteiger partial charge in [-0.25, -0.2) is 0 Å². The third kappa shape index (κ3) is 6.22.